The first-order chi connectivity index (χ1) is 8.41. The van der Waals surface area contributed by atoms with Crippen molar-refractivity contribution < 1.29 is 42.3 Å². The van der Waals surface area contributed by atoms with Crippen molar-refractivity contribution in [1.82, 2.24) is 14.9 Å². The van der Waals surface area contributed by atoms with Crippen LogP contribution in [0.5, 0.6) is 0 Å². The number of aromatic nitrogens is 2. The van der Waals surface area contributed by atoms with Crippen molar-refractivity contribution in [2.75, 3.05) is 31.3 Å². The van der Waals surface area contributed by atoms with Crippen molar-refractivity contribution in [1.29, 1.82) is 0 Å². The molecule has 0 aliphatic carbocycles. The molecular weight excluding hydrogens is 323 g/mol. The standard InChI is InChI=1S/C7H7N4O.C4H8NO.Y/c1-4-6-7(10-3-9-4)11-5(12)2-8-6;1-4(6)5(2)3;/h3,8H,1-2H2,(H,9,10,11,12);1H2,2-3H3;/q2*-1;. The number of fused-ring (bicyclic) bond motifs is 1. The van der Waals surface area contributed by atoms with Crippen LogP contribution >= 0.6 is 0 Å². The van der Waals surface area contributed by atoms with E-state index in [2.05, 4.69) is 34.4 Å². The van der Waals surface area contributed by atoms with Crippen LogP contribution in [0.25, 0.3) is 0 Å². The largest absolute Gasteiger partial charge is 0.450 e. The number of nitrogens with zero attached hydrogens (tertiary/aromatic N) is 3. The van der Waals surface area contributed by atoms with Gasteiger partial charge in [-0.2, -0.15) is 0 Å². The van der Waals surface area contributed by atoms with E-state index < -0.39 is 0 Å². The van der Waals surface area contributed by atoms with Crippen LogP contribution in [0.2, 0.25) is 0 Å². The zero-order chi connectivity index (χ0) is 13.7. The van der Waals surface area contributed by atoms with Gasteiger partial charge in [0.1, 0.15) is 6.33 Å². The molecule has 8 heteroatoms. The fraction of sp³-hybridized carbons (Fsp3) is 0.273. The van der Waals surface area contributed by atoms with E-state index in [-0.39, 0.29) is 51.1 Å². The Morgan fingerprint density at radius 1 is 1.42 bits per heavy atom. The maximum absolute atomic E-state index is 10.9. The molecule has 7 nitrogen and oxygen atoms in total. The van der Waals surface area contributed by atoms with E-state index in [1.165, 1.54) is 11.2 Å². The van der Waals surface area contributed by atoms with Crippen LogP contribution in [0.3, 0.4) is 0 Å². The van der Waals surface area contributed by atoms with Crippen molar-refractivity contribution in [2.45, 2.75) is 0 Å². The van der Waals surface area contributed by atoms with Crippen LogP contribution < -0.4 is 10.6 Å². The van der Waals surface area contributed by atoms with Crippen molar-refractivity contribution in [3.8, 4) is 0 Å². The van der Waals surface area contributed by atoms with Gasteiger partial charge in [0.2, 0.25) is 5.91 Å². The molecule has 2 amide bonds. The zero-order valence-corrected chi connectivity index (χ0v) is 13.8. The number of anilines is 2. The Morgan fingerprint density at radius 2 is 2.00 bits per heavy atom. The molecule has 1 aliphatic rings. The maximum Gasteiger partial charge on any atom is 0.242 e. The second kappa shape index (κ2) is 7.96. The third-order valence-electron chi connectivity index (χ3n) is 2.11. The first-order valence-electron chi connectivity index (χ1n) is 5.15. The number of carbonyl (C=O) groups excluding carboxylic acids is 2. The van der Waals surface area contributed by atoms with E-state index >= 15 is 0 Å². The minimum atomic E-state index is -0.157. The summed E-state index contributed by atoms with van der Waals surface area (Å²) in [5.74, 6) is 0.252. The second-order valence-electron chi connectivity index (χ2n) is 3.73. The molecule has 0 aromatic carbocycles. The maximum atomic E-state index is 10.9. The zero-order valence-electron chi connectivity index (χ0n) is 10.9. The van der Waals surface area contributed by atoms with Crippen LogP contribution in [-0.2, 0) is 42.3 Å². The Kier molecular flexibility index (Phi) is 7.40. The molecule has 0 atom stereocenters. The summed E-state index contributed by atoms with van der Waals surface area (Å²) in [6.45, 7) is 7.07. The number of amides is 2. The van der Waals surface area contributed by atoms with Gasteiger partial charge in [-0.25, -0.2) is 11.9 Å². The Balaban J connectivity index is 0.000000404. The molecule has 1 aliphatic heterocycles. The number of rotatable bonds is 0. The molecule has 19 heavy (non-hydrogen) atoms. The van der Waals surface area contributed by atoms with Gasteiger partial charge in [0.25, 0.3) is 0 Å². The van der Waals surface area contributed by atoms with E-state index in [1.807, 2.05) is 0 Å². The molecule has 0 saturated heterocycles. The normalized spacial score (nSPS) is 11.6. The molecule has 0 unspecified atom stereocenters. The van der Waals surface area contributed by atoms with Crippen molar-refractivity contribution in [3.05, 3.63) is 25.9 Å². The first kappa shape index (κ1) is 17.7. The van der Waals surface area contributed by atoms with Crippen molar-refractivity contribution >= 4 is 23.3 Å². The quantitative estimate of drug-likeness (QED) is 0.647. The van der Waals surface area contributed by atoms with E-state index in [0.29, 0.717) is 17.2 Å². The Hall–Kier alpha value is -1.34. The molecule has 2 rings (SSSR count). The molecule has 2 N–H and O–H groups in total. The fourth-order valence-electron chi connectivity index (χ4n) is 1.05. The van der Waals surface area contributed by atoms with Gasteiger partial charge in [-0.15, -0.1) is 0 Å². The van der Waals surface area contributed by atoms with Crippen LogP contribution in [0.4, 0.5) is 11.5 Å². The van der Waals surface area contributed by atoms with Crippen LogP contribution in [0.1, 0.15) is 5.69 Å². The van der Waals surface area contributed by atoms with Gasteiger partial charge >= 0.3 is 0 Å². The van der Waals surface area contributed by atoms with Gasteiger partial charge in [-0.1, -0.05) is 5.69 Å². The smallest absolute Gasteiger partial charge is 0.242 e. The van der Waals surface area contributed by atoms with E-state index in [0.717, 1.165) is 0 Å². The monoisotopic (exact) mass is 338 g/mol. The fourth-order valence-corrected chi connectivity index (χ4v) is 1.05. The SMILES string of the molecule is [CH2-]C(=O)N(C)C.[CH2-]c1ncnc2c1NCC(=O)N2.[Y]. The number of hydrogen-bond acceptors (Lipinski definition) is 5. The van der Waals surface area contributed by atoms with E-state index in [4.69, 9.17) is 0 Å². The third-order valence-corrected chi connectivity index (χ3v) is 2.11. The Bertz CT molecular complexity index is 464. The predicted octanol–water partition coefficient (Wildman–Crippen LogP) is -0.0710. The van der Waals surface area contributed by atoms with Gasteiger partial charge in [-0.05, 0) is 5.69 Å². The molecule has 1 aromatic heterocycles. The van der Waals surface area contributed by atoms with Gasteiger partial charge < -0.3 is 27.3 Å². The average molecular weight is 338 g/mol. The molecule has 0 bridgehead atoms. The molecule has 1 radical (unpaired) electrons. The van der Waals surface area contributed by atoms with Crippen LogP contribution in [0.15, 0.2) is 6.33 Å². The van der Waals surface area contributed by atoms with Crippen LogP contribution in [0, 0.1) is 13.8 Å². The van der Waals surface area contributed by atoms with Crippen molar-refractivity contribution in [2.24, 2.45) is 0 Å². The van der Waals surface area contributed by atoms with Gasteiger partial charge in [0.05, 0.1) is 18.3 Å². The number of carbonyl (C=O) groups is 2. The Labute approximate surface area is 137 Å². The summed E-state index contributed by atoms with van der Waals surface area (Å²) >= 11 is 0. The summed E-state index contributed by atoms with van der Waals surface area (Å²) in [6.07, 6.45) is 1.37. The minimum Gasteiger partial charge on any atom is -0.450 e. The molecule has 0 spiro atoms. The van der Waals surface area contributed by atoms with Crippen molar-refractivity contribution in [3.63, 3.8) is 0 Å². The first-order valence-corrected chi connectivity index (χ1v) is 5.15. The Morgan fingerprint density at radius 3 is 2.53 bits per heavy atom. The third kappa shape index (κ3) is 5.44. The topological polar surface area (TPSA) is 87.2 Å². The van der Waals surface area contributed by atoms with E-state index in [1.54, 1.807) is 14.1 Å². The number of nitrogens with one attached hydrogen (secondary N) is 2. The molecule has 1 aromatic rings. The predicted molar refractivity (Wildman–Crippen MR) is 67.7 cm³/mol. The average Bonchev–Trinajstić information content (AvgIpc) is 2.29. The van der Waals surface area contributed by atoms with Gasteiger partial charge in [0, 0.05) is 46.8 Å². The van der Waals surface area contributed by atoms with Crippen LogP contribution in [-0.4, -0.2) is 47.3 Å². The summed E-state index contributed by atoms with van der Waals surface area (Å²) in [6, 6.07) is 0. The minimum absolute atomic E-state index is 0. The van der Waals surface area contributed by atoms with E-state index in [9.17, 15) is 9.59 Å². The molecule has 101 valence electrons. The summed E-state index contributed by atoms with van der Waals surface area (Å²) in [5, 5.41) is 5.49. The summed E-state index contributed by atoms with van der Waals surface area (Å²) < 4.78 is 0. The van der Waals surface area contributed by atoms with Gasteiger partial charge in [0.15, 0.2) is 0 Å². The molecule has 0 saturated carbocycles. The molecule has 2 heterocycles. The molecule has 0 fully saturated rings. The van der Waals surface area contributed by atoms with Gasteiger partial charge in [-0.3, -0.25) is 9.78 Å². The molecular formula is C11H15N5O2Y-2. The summed E-state index contributed by atoms with van der Waals surface area (Å²) in [5.41, 5.74) is 1.30. The second-order valence-corrected chi connectivity index (χ2v) is 3.73. The number of hydrogen-bond donors (Lipinski definition) is 2. The summed E-state index contributed by atoms with van der Waals surface area (Å²) in [7, 11) is 3.32. The summed E-state index contributed by atoms with van der Waals surface area (Å²) in [4.78, 5) is 30.0.